The topological polar surface area (TPSA) is 99.9 Å². The maximum atomic E-state index is 12.8. The van der Waals surface area contributed by atoms with E-state index in [0.29, 0.717) is 43.1 Å². The molecule has 130 valence electrons. The predicted octanol–water partition coefficient (Wildman–Crippen LogP) is 0.798. The van der Waals surface area contributed by atoms with Crippen LogP contribution in [0.3, 0.4) is 0 Å². The van der Waals surface area contributed by atoms with Gasteiger partial charge in [-0.05, 0) is 31.4 Å². The Balaban J connectivity index is 2.39. The zero-order chi connectivity index (χ0) is 17.1. The van der Waals surface area contributed by atoms with Gasteiger partial charge in [0.1, 0.15) is 0 Å². The van der Waals surface area contributed by atoms with E-state index in [4.69, 9.17) is 19.9 Å². The summed E-state index contributed by atoms with van der Waals surface area (Å²) in [4.78, 5) is 0.162. The van der Waals surface area contributed by atoms with E-state index >= 15 is 0 Å². The number of methoxy groups -OCH3 is 2. The molecule has 3 N–H and O–H groups in total. The minimum atomic E-state index is -3.74. The van der Waals surface area contributed by atoms with Crippen molar-refractivity contribution in [3.8, 4) is 11.5 Å². The fourth-order valence-corrected chi connectivity index (χ4v) is 4.41. The highest BCUT2D eigenvalue weighted by Crippen LogP contribution is 2.33. The molecule has 2 rings (SSSR count). The van der Waals surface area contributed by atoms with Crippen LogP contribution in [0.15, 0.2) is 17.0 Å². The Labute approximate surface area is 137 Å². The van der Waals surface area contributed by atoms with Crippen molar-refractivity contribution < 1.29 is 22.6 Å². The standard InChI is InChI=1S/C15H24N2O5S/c1-11-8-12(20-2)13(21-3)9-14(11)23(18,19)17-15(10-16)4-6-22-7-5-15/h8-9,17H,4-7,10,16H2,1-3H3. The van der Waals surface area contributed by atoms with E-state index in [0.717, 1.165) is 0 Å². The van der Waals surface area contributed by atoms with Gasteiger partial charge in [0.15, 0.2) is 11.5 Å². The van der Waals surface area contributed by atoms with Crippen molar-refractivity contribution in [3.63, 3.8) is 0 Å². The maximum Gasteiger partial charge on any atom is 0.241 e. The smallest absolute Gasteiger partial charge is 0.241 e. The molecule has 1 saturated heterocycles. The van der Waals surface area contributed by atoms with E-state index in [1.165, 1.54) is 20.3 Å². The lowest BCUT2D eigenvalue weighted by Crippen LogP contribution is -2.56. The fraction of sp³-hybridized carbons (Fsp3) is 0.600. The van der Waals surface area contributed by atoms with Gasteiger partial charge in [0.2, 0.25) is 10.0 Å². The Morgan fingerprint density at radius 3 is 2.30 bits per heavy atom. The lowest BCUT2D eigenvalue weighted by Gasteiger charge is -2.36. The number of rotatable bonds is 6. The van der Waals surface area contributed by atoms with Crippen LogP contribution >= 0.6 is 0 Å². The number of ether oxygens (including phenoxy) is 3. The van der Waals surface area contributed by atoms with Gasteiger partial charge in [-0.1, -0.05) is 0 Å². The van der Waals surface area contributed by atoms with Gasteiger partial charge in [-0.15, -0.1) is 0 Å². The van der Waals surface area contributed by atoms with Gasteiger partial charge >= 0.3 is 0 Å². The van der Waals surface area contributed by atoms with E-state index in [1.54, 1.807) is 13.0 Å². The largest absolute Gasteiger partial charge is 0.493 e. The summed E-state index contributed by atoms with van der Waals surface area (Å²) >= 11 is 0. The summed E-state index contributed by atoms with van der Waals surface area (Å²) in [6.45, 7) is 2.92. The van der Waals surface area contributed by atoms with Gasteiger partial charge in [0.05, 0.1) is 19.1 Å². The summed E-state index contributed by atoms with van der Waals surface area (Å²) in [6.07, 6.45) is 1.10. The zero-order valence-electron chi connectivity index (χ0n) is 13.7. The van der Waals surface area contributed by atoms with Gasteiger partial charge < -0.3 is 19.9 Å². The van der Waals surface area contributed by atoms with Crippen molar-refractivity contribution in [2.24, 2.45) is 5.73 Å². The van der Waals surface area contributed by atoms with Crippen LogP contribution in [0.4, 0.5) is 0 Å². The summed E-state index contributed by atoms with van der Waals surface area (Å²) in [5.41, 5.74) is 5.74. The van der Waals surface area contributed by atoms with Crippen LogP contribution in [0.1, 0.15) is 18.4 Å². The molecule has 0 atom stereocenters. The first-order valence-corrected chi connectivity index (χ1v) is 8.90. The molecule has 0 spiro atoms. The lowest BCUT2D eigenvalue weighted by molar-refractivity contribution is 0.0502. The fourth-order valence-electron chi connectivity index (χ4n) is 2.70. The van der Waals surface area contributed by atoms with Gasteiger partial charge in [0.25, 0.3) is 0 Å². The van der Waals surface area contributed by atoms with Crippen LogP contribution < -0.4 is 19.9 Å². The van der Waals surface area contributed by atoms with E-state index < -0.39 is 15.6 Å². The quantitative estimate of drug-likeness (QED) is 0.792. The Kier molecular flexibility index (Phi) is 5.51. The van der Waals surface area contributed by atoms with Gasteiger partial charge in [-0.25, -0.2) is 13.1 Å². The minimum absolute atomic E-state index is 0.162. The SMILES string of the molecule is COc1cc(C)c(S(=O)(=O)NC2(CN)CCOCC2)cc1OC. The second kappa shape index (κ2) is 7.04. The molecule has 1 aliphatic rings. The Hall–Kier alpha value is -1.35. The summed E-state index contributed by atoms with van der Waals surface area (Å²) in [5.74, 6) is 0.857. The monoisotopic (exact) mass is 344 g/mol. The van der Waals surface area contributed by atoms with Crippen LogP contribution in [0.5, 0.6) is 11.5 Å². The number of hydrogen-bond acceptors (Lipinski definition) is 6. The van der Waals surface area contributed by atoms with Crippen molar-refractivity contribution in [2.75, 3.05) is 34.0 Å². The van der Waals surface area contributed by atoms with E-state index in [-0.39, 0.29) is 11.4 Å². The first kappa shape index (κ1) is 18.0. The molecule has 8 heteroatoms. The average molecular weight is 344 g/mol. The third-order valence-electron chi connectivity index (χ3n) is 4.16. The summed E-state index contributed by atoms with van der Waals surface area (Å²) in [6, 6.07) is 3.12. The molecule has 0 aliphatic carbocycles. The van der Waals surface area contributed by atoms with Crippen LogP contribution in [-0.2, 0) is 14.8 Å². The van der Waals surface area contributed by atoms with Crippen LogP contribution in [-0.4, -0.2) is 47.9 Å². The number of sulfonamides is 1. The Morgan fingerprint density at radius 1 is 1.22 bits per heavy atom. The summed E-state index contributed by atoms with van der Waals surface area (Å²) < 4.78 is 44.2. The van der Waals surface area contributed by atoms with E-state index in [1.807, 2.05) is 0 Å². The average Bonchev–Trinajstić information content (AvgIpc) is 2.54. The number of nitrogens with one attached hydrogen (secondary N) is 1. The molecule has 0 bridgehead atoms. The Morgan fingerprint density at radius 2 is 1.78 bits per heavy atom. The second-order valence-electron chi connectivity index (χ2n) is 5.68. The molecule has 1 fully saturated rings. The normalized spacial score (nSPS) is 17.7. The molecular formula is C15H24N2O5S. The molecule has 7 nitrogen and oxygen atoms in total. The minimum Gasteiger partial charge on any atom is -0.493 e. The number of benzene rings is 1. The van der Waals surface area contributed by atoms with Gasteiger partial charge in [0, 0.05) is 31.4 Å². The number of hydrogen-bond donors (Lipinski definition) is 2. The molecule has 1 aromatic rings. The van der Waals surface area contributed by atoms with Crippen LogP contribution in [0, 0.1) is 6.92 Å². The van der Waals surface area contributed by atoms with Crippen molar-refractivity contribution in [3.05, 3.63) is 17.7 Å². The highest BCUT2D eigenvalue weighted by molar-refractivity contribution is 7.89. The molecular weight excluding hydrogens is 320 g/mol. The summed E-state index contributed by atoms with van der Waals surface area (Å²) in [5, 5.41) is 0. The highest BCUT2D eigenvalue weighted by atomic mass is 32.2. The van der Waals surface area contributed by atoms with Crippen molar-refractivity contribution in [1.82, 2.24) is 4.72 Å². The highest BCUT2D eigenvalue weighted by Gasteiger charge is 2.36. The second-order valence-corrected chi connectivity index (χ2v) is 7.33. The molecule has 1 heterocycles. The molecule has 0 unspecified atom stereocenters. The predicted molar refractivity (Wildman–Crippen MR) is 86.4 cm³/mol. The zero-order valence-corrected chi connectivity index (χ0v) is 14.5. The lowest BCUT2D eigenvalue weighted by atomic mass is 9.92. The third-order valence-corrected chi connectivity index (χ3v) is 5.88. The molecule has 0 radical (unpaired) electrons. The number of nitrogens with two attached hydrogens (primary N) is 1. The maximum absolute atomic E-state index is 12.8. The first-order chi connectivity index (χ1) is 10.9. The van der Waals surface area contributed by atoms with Crippen LogP contribution in [0.2, 0.25) is 0 Å². The number of aryl methyl sites for hydroxylation is 1. The molecule has 0 amide bonds. The molecule has 1 aromatic carbocycles. The van der Waals surface area contributed by atoms with E-state index in [9.17, 15) is 8.42 Å². The summed E-state index contributed by atoms with van der Waals surface area (Å²) in [7, 11) is -0.762. The van der Waals surface area contributed by atoms with E-state index in [2.05, 4.69) is 4.72 Å². The van der Waals surface area contributed by atoms with Crippen molar-refractivity contribution in [1.29, 1.82) is 0 Å². The first-order valence-electron chi connectivity index (χ1n) is 7.42. The van der Waals surface area contributed by atoms with Crippen LogP contribution in [0.25, 0.3) is 0 Å². The van der Waals surface area contributed by atoms with Crippen molar-refractivity contribution in [2.45, 2.75) is 30.2 Å². The Bertz CT molecular complexity index is 654. The molecule has 0 aromatic heterocycles. The molecule has 23 heavy (non-hydrogen) atoms. The van der Waals surface area contributed by atoms with Gasteiger partial charge in [-0.2, -0.15) is 0 Å². The molecule has 1 aliphatic heterocycles. The molecule has 0 saturated carbocycles. The van der Waals surface area contributed by atoms with Crippen molar-refractivity contribution >= 4 is 10.0 Å². The van der Waals surface area contributed by atoms with Gasteiger partial charge in [-0.3, -0.25) is 0 Å². The third kappa shape index (κ3) is 3.77.